The van der Waals surface area contributed by atoms with Crippen LogP contribution in [0.3, 0.4) is 0 Å². The van der Waals surface area contributed by atoms with Crippen LogP contribution < -0.4 is 10.8 Å². The second kappa shape index (κ2) is 12.0. The van der Waals surface area contributed by atoms with E-state index in [2.05, 4.69) is 10.8 Å². The molecule has 0 aliphatic carbocycles. The van der Waals surface area contributed by atoms with Gasteiger partial charge in [0.2, 0.25) is 0 Å². The lowest BCUT2D eigenvalue weighted by Gasteiger charge is -2.18. The van der Waals surface area contributed by atoms with Gasteiger partial charge in [-0.15, -0.1) is 0 Å². The quantitative estimate of drug-likeness (QED) is 0.170. The van der Waals surface area contributed by atoms with Crippen molar-refractivity contribution in [1.82, 2.24) is 10.8 Å². The predicted octanol–water partition coefficient (Wildman–Crippen LogP) is 5.21. The molecule has 0 spiro atoms. The number of benzene rings is 4. The first-order chi connectivity index (χ1) is 18.3. The van der Waals surface area contributed by atoms with Crippen molar-refractivity contribution in [2.24, 2.45) is 0 Å². The monoisotopic (exact) mass is 510 g/mol. The minimum absolute atomic E-state index is 0.0104. The molecule has 4 aromatic carbocycles. The molecule has 4 aromatic rings. The summed E-state index contributed by atoms with van der Waals surface area (Å²) in [6.07, 6.45) is -0.713. The summed E-state index contributed by atoms with van der Waals surface area (Å²) in [4.78, 5) is 42.0. The summed E-state index contributed by atoms with van der Waals surface area (Å²) in [6, 6.07) is 28.5. The molecule has 4 N–H and O–H groups in total. The lowest BCUT2D eigenvalue weighted by Crippen LogP contribution is -2.43. The van der Waals surface area contributed by atoms with Crippen LogP contribution in [0.4, 0.5) is 0 Å². The van der Waals surface area contributed by atoms with Crippen LogP contribution in [0.2, 0.25) is 0 Å². The number of rotatable bonds is 10. The molecular weight excluding hydrogens is 484 g/mol. The van der Waals surface area contributed by atoms with E-state index in [-0.39, 0.29) is 23.3 Å². The molecule has 0 aliphatic rings. The molecule has 4 rings (SSSR count). The van der Waals surface area contributed by atoms with E-state index in [9.17, 15) is 24.6 Å². The molecule has 0 saturated heterocycles. The fraction of sp³-hybridized carbons (Fsp3) is 0.100. The first kappa shape index (κ1) is 26.3. The molecule has 1 atom stereocenters. The fourth-order valence-electron chi connectivity index (χ4n) is 4.01. The average molecular weight is 511 g/mol. The van der Waals surface area contributed by atoms with Gasteiger partial charge >= 0.3 is 11.9 Å². The number of amides is 1. The van der Waals surface area contributed by atoms with Crippen LogP contribution in [0.5, 0.6) is 0 Å². The minimum atomic E-state index is -1.22. The van der Waals surface area contributed by atoms with Gasteiger partial charge < -0.3 is 15.5 Å². The van der Waals surface area contributed by atoms with E-state index >= 15 is 0 Å². The van der Waals surface area contributed by atoms with Gasteiger partial charge in [0.15, 0.2) is 0 Å². The summed E-state index contributed by atoms with van der Waals surface area (Å²) < 4.78 is 0. The number of aromatic carboxylic acids is 2. The van der Waals surface area contributed by atoms with Crippen molar-refractivity contribution in [3.8, 4) is 22.3 Å². The first-order valence-electron chi connectivity index (χ1n) is 11.9. The molecule has 0 bridgehead atoms. The number of hydrogen-bond donors (Lipinski definition) is 4. The molecule has 1 unspecified atom stereocenters. The number of carboxylic acid groups (broad SMARTS) is 2. The number of carbonyl (C=O) groups is 3. The van der Waals surface area contributed by atoms with Gasteiger partial charge in [-0.1, -0.05) is 72.8 Å². The van der Waals surface area contributed by atoms with Crippen molar-refractivity contribution < 1.29 is 29.4 Å². The van der Waals surface area contributed by atoms with E-state index < -0.39 is 24.0 Å². The van der Waals surface area contributed by atoms with Gasteiger partial charge in [-0.2, -0.15) is 5.48 Å². The SMILES string of the molecule is CC(NOCc1cc(-c2ccccc2)ccc1C(=O)O)NC(=O)c1cc(-c2ccccc2)ccc1C(=O)O. The zero-order valence-corrected chi connectivity index (χ0v) is 20.5. The topological polar surface area (TPSA) is 125 Å². The Labute approximate surface area is 219 Å². The molecule has 0 aliphatic heterocycles. The van der Waals surface area contributed by atoms with Crippen LogP contribution >= 0.6 is 0 Å². The van der Waals surface area contributed by atoms with Crippen molar-refractivity contribution in [1.29, 1.82) is 0 Å². The zero-order valence-electron chi connectivity index (χ0n) is 20.5. The highest BCUT2D eigenvalue weighted by Crippen LogP contribution is 2.24. The van der Waals surface area contributed by atoms with E-state index in [0.717, 1.165) is 16.7 Å². The van der Waals surface area contributed by atoms with Crippen LogP contribution in [0.1, 0.15) is 43.6 Å². The van der Waals surface area contributed by atoms with E-state index in [0.29, 0.717) is 11.1 Å². The minimum Gasteiger partial charge on any atom is -0.478 e. The van der Waals surface area contributed by atoms with E-state index in [1.165, 1.54) is 18.2 Å². The Balaban J connectivity index is 1.44. The molecule has 0 heterocycles. The predicted molar refractivity (Wildman–Crippen MR) is 143 cm³/mol. The first-order valence-corrected chi connectivity index (χ1v) is 11.9. The van der Waals surface area contributed by atoms with Crippen molar-refractivity contribution in [2.75, 3.05) is 0 Å². The van der Waals surface area contributed by atoms with Crippen LogP contribution in [-0.4, -0.2) is 34.2 Å². The Morgan fingerprint density at radius 2 is 1.21 bits per heavy atom. The highest BCUT2D eigenvalue weighted by Gasteiger charge is 2.19. The lowest BCUT2D eigenvalue weighted by atomic mass is 9.98. The molecule has 0 aromatic heterocycles. The van der Waals surface area contributed by atoms with E-state index in [1.54, 1.807) is 25.1 Å². The normalized spacial score (nSPS) is 11.5. The van der Waals surface area contributed by atoms with Gasteiger partial charge in [0.25, 0.3) is 5.91 Å². The van der Waals surface area contributed by atoms with Gasteiger partial charge in [0, 0.05) is 0 Å². The third-order valence-electron chi connectivity index (χ3n) is 5.88. The van der Waals surface area contributed by atoms with Gasteiger partial charge in [-0.05, 0) is 59.0 Å². The van der Waals surface area contributed by atoms with Gasteiger partial charge in [0.05, 0.1) is 29.5 Å². The van der Waals surface area contributed by atoms with E-state index in [1.807, 2.05) is 60.7 Å². The van der Waals surface area contributed by atoms with Crippen LogP contribution in [0.15, 0.2) is 97.1 Å². The Hall–Kier alpha value is -4.79. The summed E-state index contributed by atoms with van der Waals surface area (Å²) >= 11 is 0. The summed E-state index contributed by atoms with van der Waals surface area (Å²) in [5, 5.41) is 21.8. The average Bonchev–Trinajstić information content (AvgIpc) is 2.93. The van der Waals surface area contributed by atoms with Crippen molar-refractivity contribution in [2.45, 2.75) is 19.7 Å². The standard InChI is InChI=1S/C30H26N2O6/c1-19(31-28(33)27-17-23(13-15-26(27)30(36)37)21-10-6-3-7-11-21)32-38-18-24-16-22(12-14-25(24)29(34)35)20-8-4-2-5-9-20/h2-17,19,32H,18H2,1H3,(H,31,33)(H,34,35)(H,36,37). The van der Waals surface area contributed by atoms with Gasteiger partial charge in [-0.3, -0.25) is 9.63 Å². The highest BCUT2D eigenvalue weighted by atomic mass is 16.6. The molecule has 0 fully saturated rings. The number of hydrogen-bond acceptors (Lipinski definition) is 5. The number of carbonyl (C=O) groups excluding carboxylic acids is 1. The number of hydroxylamine groups is 1. The molecule has 38 heavy (non-hydrogen) atoms. The molecule has 1 amide bonds. The summed E-state index contributed by atoms with van der Waals surface area (Å²) in [5.74, 6) is -2.89. The van der Waals surface area contributed by atoms with Crippen LogP contribution in [-0.2, 0) is 11.4 Å². The Kier molecular flexibility index (Phi) is 8.27. The second-order valence-electron chi connectivity index (χ2n) is 8.58. The third kappa shape index (κ3) is 6.31. The Morgan fingerprint density at radius 3 is 1.76 bits per heavy atom. The molecule has 0 radical (unpaired) electrons. The second-order valence-corrected chi connectivity index (χ2v) is 8.58. The lowest BCUT2D eigenvalue weighted by molar-refractivity contribution is 0.000257. The maximum absolute atomic E-state index is 13.0. The Bertz CT molecular complexity index is 1450. The largest absolute Gasteiger partial charge is 0.478 e. The molecule has 192 valence electrons. The van der Waals surface area contributed by atoms with Gasteiger partial charge in [-0.25, -0.2) is 9.59 Å². The van der Waals surface area contributed by atoms with Crippen molar-refractivity contribution >= 4 is 17.8 Å². The fourth-order valence-corrected chi connectivity index (χ4v) is 4.01. The van der Waals surface area contributed by atoms with Crippen LogP contribution in [0.25, 0.3) is 22.3 Å². The van der Waals surface area contributed by atoms with Crippen LogP contribution in [0, 0.1) is 0 Å². The summed E-state index contributed by atoms with van der Waals surface area (Å²) in [6.45, 7) is 1.55. The maximum Gasteiger partial charge on any atom is 0.336 e. The van der Waals surface area contributed by atoms with Gasteiger partial charge in [0.1, 0.15) is 0 Å². The molecule has 8 heteroatoms. The summed E-state index contributed by atoms with van der Waals surface area (Å²) in [5.41, 5.74) is 6.45. The zero-order chi connectivity index (χ0) is 27.1. The third-order valence-corrected chi connectivity index (χ3v) is 5.88. The molecular formula is C30H26N2O6. The van der Waals surface area contributed by atoms with E-state index in [4.69, 9.17) is 4.84 Å². The highest BCUT2D eigenvalue weighted by molar-refractivity contribution is 6.05. The van der Waals surface area contributed by atoms with Crippen molar-refractivity contribution in [3.05, 3.63) is 119 Å². The smallest absolute Gasteiger partial charge is 0.336 e. The maximum atomic E-state index is 13.0. The molecule has 0 saturated carbocycles. The van der Waals surface area contributed by atoms with Crippen molar-refractivity contribution in [3.63, 3.8) is 0 Å². The molecule has 8 nitrogen and oxygen atoms in total. The Morgan fingerprint density at radius 1 is 0.684 bits per heavy atom. The summed E-state index contributed by atoms with van der Waals surface area (Å²) in [7, 11) is 0. The number of carboxylic acids is 2. The number of nitrogens with one attached hydrogen (secondary N) is 2.